The molecular weight excluding hydrogens is 863 g/mol. The number of thioether (sulfide) groups is 1. The molecule has 1 aromatic rings. The third kappa shape index (κ3) is 18.5. The normalized spacial score (nSPS) is 21.0. The second kappa shape index (κ2) is 26.9. The molecule has 14 N–H and O–H groups in total. The number of likely N-dealkylation sites (tertiary alicyclic amines) is 1. The van der Waals surface area contributed by atoms with Gasteiger partial charge >= 0.3 is 5.97 Å². The van der Waals surface area contributed by atoms with Crippen molar-refractivity contribution in [2.45, 2.75) is 93.6 Å². The van der Waals surface area contributed by atoms with Gasteiger partial charge in [0.15, 0.2) is 5.96 Å². The van der Waals surface area contributed by atoms with Crippen LogP contribution in [-0.2, 0) is 54.4 Å². The molecule has 0 aromatic heterocycles. The molecule has 64 heavy (non-hydrogen) atoms. The number of aliphatic hydroxyl groups is 1. The summed E-state index contributed by atoms with van der Waals surface area (Å²) < 4.78 is 0. The lowest BCUT2D eigenvalue weighted by Crippen LogP contribution is -2.58. The number of carboxylic acid groups (broad SMARTS) is 1. The van der Waals surface area contributed by atoms with Gasteiger partial charge in [0.25, 0.3) is 0 Å². The largest absolute Gasteiger partial charge is 0.508 e. The predicted molar refractivity (Wildman–Crippen MR) is 228 cm³/mol. The Hall–Kier alpha value is -6.50. The Morgan fingerprint density at radius 2 is 1.36 bits per heavy atom. The lowest BCUT2D eigenvalue weighted by Gasteiger charge is -2.26. The fourth-order valence-corrected chi connectivity index (χ4v) is 7.60. The Balaban J connectivity index is 1.69. The zero-order valence-electron chi connectivity index (χ0n) is 35.1. The number of carbonyl (C=O) groups excluding carboxylic acids is 9. The number of aromatic hydroxyl groups is 1. The van der Waals surface area contributed by atoms with Crippen LogP contribution in [0.2, 0.25) is 0 Å². The molecule has 25 heteroatoms. The number of phenols is 1. The van der Waals surface area contributed by atoms with Crippen molar-refractivity contribution in [2.24, 2.45) is 5.73 Å². The third-order valence-corrected chi connectivity index (χ3v) is 11.0. The van der Waals surface area contributed by atoms with Crippen molar-refractivity contribution in [1.29, 1.82) is 5.41 Å². The van der Waals surface area contributed by atoms with Crippen molar-refractivity contribution in [2.75, 3.05) is 45.1 Å². The second-order valence-electron chi connectivity index (χ2n) is 14.8. The molecule has 3 rings (SSSR count). The van der Waals surface area contributed by atoms with E-state index in [4.69, 9.17) is 16.2 Å². The summed E-state index contributed by atoms with van der Waals surface area (Å²) in [5, 5.41) is 54.9. The van der Waals surface area contributed by atoms with Gasteiger partial charge in [-0.2, -0.15) is 0 Å². The van der Waals surface area contributed by atoms with Gasteiger partial charge in [-0.05, 0) is 49.8 Å². The Labute approximate surface area is 372 Å². The summed E-state index contributed by atoms with van der Waals surface area (Å²) in [6.07, 6.45) is -0.486. The summed E-state index contributed by atoms with van der Waals surface area (Å²) in [4.78, 5) is 130. The maximum Gasteiger partial charge on any atom is 0.305 e. The van der Waals surface area contributed by atoms with E-state index in [1.54, 1.807) is 0 Å². The Kier molecular flexibility index (Phi) is 21.8. The average Bonchev–Trinajstić information content (AvgIpc) is 3.51. The fraction of sp³-hybridized carbons (Fsp3) is 0.564. The van der Waals surface area contributed by atoms with E-state index < -0.39 is 95.6 Å². The van der Waals surface area contributed by atoms with Crippen LogP contribution in [0.25, 0.3) is 0 Å². The molecule has 0 spiro atoms. The van der Waals surface area contributed by atoms with Crippen molar-refractivity contribution < 1.29 is 63.3 Å². The molecule has 2 aliphatic heterocycles. The number of amides is 9. The van der Waals surface area contributed by atoms with E-state index in [0.717, 1.165) is 16.7 Å². The molecule has 352 valence electrons. The van der Waals surface area contributed by atoms with E-state index in [1.165, 1.54) is 24.3 Å². The Morgan fingerprint density at radius 1 is 0.766 bits per heavy atom. The van der Waals surface area contributed by atoms with E-state index in [1.807, 2.05) is 0 Å². The van der Waals surface area contributed by atoms with Gasteiger partial charge in [-0.1, -0.05) is 12.1 Å². The third-order valence-electron chi connectivity index (χ3n) is 9.80. The Morgan fingerprint density at radius 3 is 2.03 bits per heavy atom. The highest BCUT2D eigenvalue weighted by Crippen LogP contribution is 2.26. The number of carbonyl (C=O) groups is 10. The van der Waals surface area contributed by atoms with Gasteiger partial charge in [-0.3, -0.25) is 58.3 Å². The number of rotatable bonds is 22. The molecule has 24 nitrogen and oxygen atoms in total. The highest BCUT2D eigenvalue weighted by atomic mass is 32.2. The lowest BCUT2D eigenvalue weighted by molar-refractivity contribution is -0.141. The van der Waals surface area contributed by atoms with Crippen LogP contribution in [0.4, 0.5) is 0 Å². The zero-order valence-corrected chi connectivity index (χ0v) is 35.9. The number of imide groups is 1. The number of hydrogen-bond donors (Lipinski definition) is 13. The van der Waals surface area contributed by atoms with Crippen LogP contribution < -0.4 is 48.3 Å². The summed E-state index contributed by atoms with van der Waals surface area (Å²) in [5.41, 5.74) is 5.81. The maximum atomic E-state index is 14.0. The minimum absolute atomic E-state index is 0.00999. The summed E-state index contributed by atoms with van der Waals surface area (Å²) >= 11 is 1.14. The molecule has 0 radical (unpaired) electrons. The van der Waals surface area contributed by atoms with E-state index in [0.29, 0.717) is 12.0 Å². The molecule has 0 aliphatic carbocycles. The number of nitrogens with two attached hydrogens (primary N) is 1. The molecule has 0 saturated carbocycles. The summed E-state index contributed by atoms with van der Waals surface area (Å²) in [5.74, 6) is -7.72. The first-order valence-corrected chi connectivity index (χ1v) is 21.7. The van der Waals surface area contributed by atoms with Crippen LogP contribution in [0.1, 0.15) is 63.4 Å². The number of aliphatic hydroxyl groups excluding tert-OH is 1. The molecular formula is C39H57N11O13S. The summed E-state index contributed by atoms with van der Waals surface area (Å²) in [6, 6.07) is -0.0179. The molecule has 9 amide bonds. The number of nitrogens with one attached hydrogen (secondary N) is 9. The van der Waals surface area contributed by atoms with Gasteiger partial charge < -0.3 is 63.6 Å². The van der Waals surface area contributed by atoms with Gasteiger partial charge in [-0.25, -0.2) is 0 Å². The standard InChI is InChI=1S/C39H57N11O13S/c40-39(41)44-13-3-5-24-35(60)47-25(4-1-2-12-42-30(54)11-17-64-28-20-32(56)50(38(28)63)15-10-29(53)43-14-16-51)36(61)48-26(18-22-6-8-23(52)9-7-22)37(62)49-27(19-33(57)58)34(59)45-21-31(55)46-24/h6-9,24-28,51-52H,1-5,10-21H2,(H,42,54)(H,43,53)(H,45,59)(H,46,55)(H,47,60)(H,48,61)(H,49,62)(H,57,58)(H4,40,41,44)/t24-,25-,26-,27-,28?/m0/s1. The predicted octanol–water partition coefficient (Wildman–Crippen LogP) is -4.22. The van der Waals surface area contributed by atoms with Gasteiger partial charge in [0.2, 0.25) is 53.2 Å². The first-order valence-electron chi connectivity index (χ1n) is 20.6. The highest BCUT2D eigenvalue weighted by Gasteiger charge is 2.39. The molecule has 0 bridgehead atoms. The fourth-order valence-electron chi connectivity index (χ4n) is 6.48. The monoisotopic (exact) mass is 919 g/mol. The first kappa shape index (κ1) is 51.8. The number of phenolic OH excluding ortho intramolecular Hbond substituents is 1. The Bertz CT molecular complexity index is 1870. The topological polar surface area (TPSA) is 381 Å². The van der Waals surface area contributed by atoms with Gasteiger partial charge in [0.1, 0.15) is 29.9 Å². The average molecular weight is 920 g/mol. The van der Waals surface area contributed by atoms with Gasteiger partial charge in [0.05, 0.1) is 24.8 Å². The minimum Gasteiger partial charge on any atom is -0.508 e. The van der Waals surface area contributed by atoms with E-state index in [9.17, 15) is 58.2 Å². The molecule has 2 saturated heterocycles. The smallest absolute Gasteiger partial charge is 0.305 e. The van der Waals surface area contributed by atoms with Crippen molar-refractivity contribution in [1.82, 2.24) is 47.4 Å². The van der Waals surface area contributed by atoms with E-state index in [-0.39, 0.29) is 108 Å². The number of aliphatic carboxylic acids is 1. The zero-order chi connectivity index (χ0) is 47.2. The summed E-state index contributed by atoms with van der Waals surface area (Å²) in [7, 11) is 0. The summed E-state index contributed by atoms with van der Waals surface area (Å²) in [6.45, 7) is -0.688. The van der Waals surface area contributed by atoms with Gasteiger partial charge in [-0.15, -0.1) is 11.8 Å². The second-order valence-corrected chi connectivity index (χ2v) is 16.1. The molecule has 2 fully saturated rings. The van der Waals surface area contributed by atoms with Crippen LogP contribution in [0.3, 0.4) is 0 Å². The quantitative estimate of drug-likeness (QED) is 0.0227. The molecule has 5 atom stereocenters. The number of hydrogen-bond acceptors (Lipinski definition) is 14. The molecule has 1 aromatic carbocycles. The molecule has 2 aliphatic rings. The van der Waals surface area contributed by atoms with Crippen LogP contribution in [0.5, 0.6) is 5.75 Å². The number of carboxylic acids is 1. The van der Waals surface area contributed by atoms with Crippen molar-refractivity contribution >= 4 is 76.9 Å². The SMILES string of the molecule is N=C(N)NCCC[C@@H]1NC(=O)CNC(=O)[C@H](CC(=O)O)NC(=O)[C@H](Cc2ccc(O)cc2)NC(=O)[C@H](CCCCNC(=O)CCSC2CC(=O)N(CCC(=O)NCCO)C2=O)NC1=O. The molecule has 1 unspecified atom stereocenters. The maximum absolute atomic E-state index is 14.0. The van der Waals surface area contributed by atoms with Crippen LogP contribution >= 0.6 is 11.8 Å². The van der Waals surface area contributed by atoms with Crippen molar-refractivity contribution in [3.63, 3.8) is 0 Å². The van der Waals surface area contributed by atoms with E-state index >= 15 is 0 Å². The first-order chi connectivity index (χ1) is 30.5. The lowest BCUT2D eigenvalue weighted by atomic mass is 10.0. The van der Waals surface area contributed by atoms with Gasteiger partial charge in [0, 0.05) is 57.6 Å². The van der Waals surface area contributed by atoms with Crippen molar-refractivity contribution in [3.8, 4) is 5.75 Å². The van der Waals surface area contributed by atoms with E-state index in [2.05, 4.69) is 42.5 Å². The number of guanidine groups is 1. The van der Waals surface area contributed by atoms with Crippen LogP contribution in [0, 0.1) is 5.41 Å². The number of unbranched alkanes of at least 4 members (excludes halogenated alkanes) is 1. The molecule has 2 heterocycles. The minimum atomic E-state index is -1.67. The number of benzene rings is 1. The van der Waals surface area contributed by atoms with Crippen LogP contribution in [0.15, 0.2) is 24.3 Å². The van der Waals surface area contributed by atoms with Crippen LogP contribution in [-0.4, -0.2) is 160 Å². The van der Waals surface area contributed by atoms with Crippen molar-refractivity contribution in [3.05, 3.63) is 29.8 Å². The highest BCUT2D eigenvalue weighted by molar-refractivity contribution is 8.00. The number of nitrogens with zero attached hydrogens (tertiary/aromatic N) is 1.